The molecule has 2 heterocycles. The summed E-state index contributed by atoms with van der Waals surface area (Å²) < 4.78 is 5.57. The number of hydrogen-bond acceptors (Lipinski definition) is 4. The summed E-state index contributed by atoms with van der Waals surface area (Å²) in [4.78, 5) is 4.69. The van der Waals surface area contributed by atoms with E-state index >= 15 is 0 Å². The quantitative estimate of drug-likeness (QED) is 0.896. The van der Waals surface area contributed by atoms with Gasteiger partial charge in [-0.05, 0) is 20.3 Å². The van der Waals surface area contributed by atoms with Crippen LogP contribution in [-0.2, 0) is 4.74 Å². The van der Waals surface area contributed by atoms with E-state index in [1.807, 2.05) is 0 Å². The second-order valence-corrected chi connectivity index (χ2v) is 6.01. The van der Waals surface area contributed by atoms with Gasteiger partial charge in [0.2, 0.25) is 0 Å². The third-order valence-corrected chi connectivity index (χ3v) is 4.48. The van der Waals surface area contributed by atoms with Crippen LogP contribution < -0.4 is 5.32 Å². The zero-order valence-corrected chi connectivity index (χ0v) is 11.9. The summed E-state index contributed by atoms with van der Waals surface area (Å²) in [6.45, 7) is 9.57. The Morgan fingerprint density at radius 1 is 1.47 bits per heavy atom. The highest BCUT2D eigenvalue weighted by Crippen LogP contribution is 2.24. The van der Waals surface area contributed by atoms with Crippen molar-refractivity contribution >= 4 is 11.3 Å². The van der Waals surface area contributed by atoms with E-state index in [2.05, 4.69) is 38.4 Å². The van der Waals surface area contributed by atoms with E-state index in [-0.39, 0.29) is 0 Å². The van der Waals surface area contributed by atoms with Crippen molar-refractivity contribution in [3.8, 4) is 0 Å². The Morgan fingerprint density at radius 2 is 2.24 bits per heavy atom. The third-order valence-electron chi connectivity index (χ3n) is 3.32. The first kappa shape index (κ1) is 13.0. The number of rotatable bonds is 4. The van der Waals surface area contributed by atoms with Crippen molar-refractivity contribution in [1.82, 2.24) is 10.3 Å². The van der Waals surface area contributed by atoms with Crippen LogP contribution in [0.15, 0.2) is 5.38 Å². The van der Waals surface area contributed by atoms with Gasteiger partial charge in [-0.25, -0.2) is 4.98 Å². The predicted octanol–water partition coefficient (Wildman–Crippen LogP) is 3.09. The molecule has 3 atom stereocenters. The van der Waals surface area contributed by atoms with Gasteiger partial charge in [0, 0.05) is 30.0 Å². The van der Waals surface area contributed by atoms with Crippen LogP contribution >= 0.6 is 11.3 Å². The van der Waals surface area contributed by atoms with Crippen LogP contribution in [0.4, 0.5) is 0 Å². The van der Waals surface area contributed by atoms with Gasteiger partial charge in [0.15, 0.2) is 0 Å². The molecule has 1 aromatic rings. The van der Waals surface area contributed by atoms with Crippen molar-refractivity contribution in [2.24, 2.45) is 0 Å². The van der Waals surface area contributed by atoms with Gasteiger partial charge < -0.3 is 10.1 Å². The summed E-state index contributed by atoms with van der Waals surface area (Å²) in [5.41, 5.74) is 1.16. The zero-order valence-electron chi connectivity index (χ0n) is 11.1. The molecule has 0 saturated carbocycles. The molecule has 4 heteroatoms. The molecular weight excluding hydrogens is 232 g/mol. The topological polar surface area (TPSA) is 34.2 Å². The first-order valence-electron chi connectivity index (χ1n) is 6.41. The molecule has 1 aliphatic heterocycles. The minimum atomic E-state index is 0.313. The molecule has 1 aromatic heterocycles. The molecular formula is C13H22N2OS. The number of aromatic nitrogens is 1. The van der Waals surface area contributed by atoms with Crippen molar-refractivity contribution in [2.45, 2.75) is 58.2 Å². The third kappa shape index (κ3) is 3.06. The Hall–Kier alpha value is -0.450. The van der Waals surface area contributed by atoms with Gasteiger partial charge >= 0.3 is 0 Å². The lowest BCUT2D eigenvalue weighted by molar-refractivity contribution is 0.111. The van der Waals surface area contributed by atoms with E-state index in [9.17, 15) is 0 Å². The molecule has 3 nitrogen and oxygen atoms in total. The lowest BCUT2D eigenvalue weighted by atomic mass is 10.1. The normalized spacial score (nSPS) is 26.6. The lowest BCUT2D eigenvalue weighted by Crippen LogP contribution is -2.36. The Kier molecular flexibility index (Phi) is 4.17. The van der Waals surface area contributed by atoms with Gasteiger partial charge in [-0.3, -0.25) is 0 Å². The maximum absolute atomic E-state index is 5.57. The Labute approximate surface area is 108 Å². The number of ether oxygens (including phenoxy) is 1. The average molecular weight is 254 g/mol. The molecule has 1 saturated heterocycles. The molecule has 1 N–H and O–H groups in total. The number of thiazole rings is 1. The maximum atomic E-state index is 5.57. The number of hydrogen-bond donors (Lipinski definition) is 1. The van der Waals surface area contributed by atoms with Crippen LogP contribution in [0, 0.1) is 0 Å². The summed E-state index contributed by atoms with van der Waals surface area (Å²) in [5, 5.41) is 7.02. The van der Waals surface area contributed by atoms with Crippen LogP contribution in [0.2, 0.25) is 0 Å². The highest BCUT2D eigenvalue weighted by Gasteiger charge is 2.26. The Bertz CT molecular complexity index is 364. The molecule has 96 valence electrons. The number of nitrogens with one attached hydrogen (secondary N) is 1. The van der Waals surface area contributed by atoms with Crippen molar-refractivity contribution in [2.75, 3.05) is 6.61 Å². The summed E-state index contributed by atoms with van der Waals surface area (Å²) in [7, 11) is 0. The average Bonchev–Trinajstić information content (AvgIpc) is 2.88. The van der Waals surface area contributed by atoms with Gasteiger partial charge in [0.25, 0.3) is 0 Å². The van der Waals surface area contributed by atoms with E-state index < -0.39 is 0 Å². The molecule has 0 bridgehead atoms. The predicted molar refractivity (Wildman–Crippen MR) is 71.6 cm³/mol. The SMILES string of the molecule is CC(C)c1nc([C@H](C)N[C@@H]2CCO[C@@H]2C)cs1. The summed E-state index contributed by atoms with van der Waals surface area (Å²) in [6.07, 6.45) is 1.42. The lowest BCUT2D eigenvalue weighted by Gasteiger charge is -2.20. The van der Waals surface area contributed by atoms with Crippen molar-refractivity contribution in [3.05, 3.63) is 16.1 Å². The molecule has 17 heavy (non-hydrogen) atoms. The smallest absolute Gasteiger partial charge is 0.0954 e. The van der Waals surface area contributed by atoms with Gasteiger partial charge in [-0.15, -0.1) is 11.3 Å². The molecule has 0 unspecified atom stereocenters. The molecule has 0 aliphatic carbocycles. The minimum absolute atomic E-state index is 0.313. The summed E-state index contributed by atoms with van der Waals surface area (Å²) in [5.74, 6) is 0.523. The first-order chi connectivity index (χ1) is 8.08. The van der Waals surface area contributed by atoms with Crippen molar-refractivity contribution in [1.29, 1.82) is 0 Å². The summed E-state index contributed by atoms with van der Waals surface area (Å²) >= 11 is 1.76. The van der Waals surface area contributed by atoms with Gasteiger partial charge in [-0.2, -0.15) is 0 Å². The van der Waals surface area contributed by atoms with Gasteiger partial charge in [-0.1, -0.05) is 13.8 Å². The van der Waals surface area contributed by atoms with E-state index in [0.717, 1.165) is 18.7 Å². The van der Waals surface area contributed by atoms with Gasteiger partial charge in [0.05, 0.1) is 16.8 Å². The fourth-order valence-electron chi connectivity index (χ4n) is 2.12. The minimum Gasteiger partial charge on any atom is -0.377 e. The molecule has 0 spiro atoms. The van der Waals surface area contributed by atoms with E-state index in [0.29, 0.717) is 24.1 Å². The molecule has 0 radical (unpaired) electrons. The summed E-state index contributed by atoms with van der Waals surface area (Å²) in [6, 6.07) is 0.780. The van der Waals surface area contributed by atoms with Crippen LogP contribution in [0.5, 0.6) is 0 Å². The van der Waals surface area contributed by atoms with E-state index in [1.165, 1.54) is 5.01 Å². The number of nitrogens with zero attached hydrogens (tertiary/aromatic N) is 1. The zero-order chi connectivity index (χ0) is 12.4. The van der Waals surface area contributed by atoms with Crippen molar-refractivity contribution in [3.63, 3.8) is 0 Å². The van der Waals surface area contributed by atoms with Crippen LogP contribution in [0.3, 0.4) is 0 Å². The second-order valence-electron chi connectivity index (χ2n) is 5.12. The fraction of sp³-hybridized carbons (Fsp3) is 0.769. The maximum Gasteiger partial charge on any atom is 0.0954 e. The fourth-order valence-corrected chi connectivity index (χ4v) is 3.05. The van der Waals surface area contributed by atoms with Gasteiger partial charge in [0.1, 0.15) is 0 Å². The van der Waals surface area contributed by atoms with Crippen molar-refractivity contribution < 1.29 is 4.74 Å². The molecule has 0 aromatic carbocycles. The van der Waals surface area contributed by atoms with Crippen LogP contribution in [0.1, 0.15) is 56.8 Å². The standard InChI is InChI=1S/C13H22N2OS/c1-8(2)13-15-12(7-17-13)9(3)14-11-5-6-16-10(11)4/h7-11,14H,5-6H2,1-4H3/t9-,10+,11+/m0/s1. The molecule has 2 rings (SSSR count). The Balaban J connectivity index is 1.96. The van der Waals surface area contributed by atoms with E-state index in [4.69, 9.17) is 9.72 Å². The monoisotopic (exact) mass is 254 g/mol. The highest BCUT2D eigenvalue weighted by atomic mass is 32.1. The Morgan fingerprint density at radius 3 is 2.76 bits per heavy atom. The van der Waals surface area contributed by atoms with E-state index in [1.54, 1.807) is 11.3 Å². The second kappa shape index (κ2) is 5.46. The largest absolute Gasteiger partial charge is 0.377 e. The van der Waals surface area contributed by atoms with Crippen LogP contribution in [0.25, 0.3) is 0 Å². The first-order valence-corrected chi connectivity index (χ1v) is 7.29. The molecule has 1 aliphatic rings. The molecule has 0 amide bonds. The van der Waals surface area contributed by atoms with Crippen LogP contribution in [-0.4, -0.2) is 23.7 Å². The highest BCUT2D eigenvalue weighted by molar-refractivity contribution is 7.09. The molecule has 1 fully saturated rings.